The number of ether oxygens (including phenoxy) is 1. The molecule has 26 heavy (non-hydrogen) atoms. The van der Waals surface area contributed by atoms with Crippen LogP contribution in [-0.2, 0) is 9.53 Å². The number of aromatic nitrogens is 3. The van der Waals surface area contributed by atoms with Crippen molar-refractivity contribution >= 4 is 23.4 Å². The average Bonchev–Trinajstić information content (AvgIpc) is 2.68. The van der Waals surface area contributed by atoms with Crippen molar-refractivity contribution in [2.75, 3.05) is 42.3 Å². The van der Waals surface area contributed by atoms with E-state index in [1.807, 2.05) is 6.07 Å². The molecule has 8 heteroatoms. The van der Waals surface area contributed by atoms with Gasteiger partial charge in [-0.1, -0.05) is 0 Å². The molecule has 0 aromatic carbocycles. The molecule has 1 fully saturated rings. The summed E-state index contributed by atoms with van der Waals surface area (Å²) in [6, 6.07) is 3.58. The van der Waals surface area contributed by atoms with Crippen LogP contribution < -0.4 is 16.0 Å². The predicted octanol–water partition coefficient (Wildman–Crippen LogP) is 1.70. The molecule has 1 amide bonds. The molecule has 2 aliphatic heterocycles. The quantitative estimate of drug-likeness (QED) is 0.860. The van der Waals surface area contributed by atoms with Crippen molar-refractivity contribution < 1.29 is 9.53 Å². The van der Waals surface area contributed by atoms with E-state index in [1.165, 1.54) is 0 Å². The number of hydrogen-bond donors (Lipinski definition) is 2. The second kappa shape index (κ2) is 7.25. The fourth-order valence-electron chi connectivity index (χ4n) is 3.34. The van der Waals surface area contributed by atoms with Gasteiger partial charge in [0.2, 0.25) is 5.91 Å². The van der Waals surface area contributed by atoms with E-state index in [0.717, 1.165) is 38.0 Å². The first-order chi connectivity index (χ1) is 12.7. The monoisotopic (exact) mass is 354 g/mol. The number of anilines is 3. The fourth-order valence-corrected chi connectivity index (χ4v) is 3.34. The van der Waals surface area contributed by atoms with Crippen LogP contribution in [0.3, 0.4) is 0 Å². The topological polar surface area (TPSA) is 106 Å². The normalized spacial score (nSPS) is 17.7. The van der Waals surface area contributed by atoms with Gasteiger partial charge in [-0.05, 0) is 37.3 Å². The molecule has 3 N–H and O–H groups in total. The Morgan fingerprint density at radius 1 is 1.23 bits per heavy atom. The lowest BCUT2D eigenvalue weighted by atomic mass is 9.96. The molecule has 2 aromatic rings. The number of nitrogen functional groups attached to an aromatic ring is 1. The summed E-state index contributed by atoms with van der Waals surface area (Å²) < 4.78 is 5.41. The fraction of sp³-hybridized carbons (Fsp3) is 0.444. The molecule has 0 saturated carbocycles. The number of pyridine rings is 1. The van der Waals surface area contributed by atoms with Crippen molar-refractivity contribution in [2.45, 2.75) is 19.3 Å². The molecule has 0 spiro atoms. The van der Waals surface area contributed by atoms with Crippen molar-refractivity contribution in [3.8, 4) is 11.3 Å². The Balaban J connectivity index is 1.57. The standard InChI is InChI=1S/C18H22N6O2/c19-15-2-1-13(9-20-15)14-10-21-17-18(23-14)24(16(25)11-22-17)6-3-12-4-7-26-8-5-12/h1-2,9-10,12H,3-8,11H2,(H2,19,20)(H,21,22). The Kier molecular flexibility index (Phi) is 4.66. The Morgan fingerprint density at radius 2 is 2.08 bits per heavy atom. The second-order valence-electron chi connectivity index (χ2n) is 6.64. The van der Waals surface area contributed by atoms with E-state index in [0.29, 0.717) is 35.6 Å². The zero-order valence-electron chi connectivity index (χ0n) is 14.5. The first-order valence-corrected chi connectivity index (χ1v) is 8.91. The van der Waals surface area contributed by atoms with Gasteiger partial charge in [0.1, 0.15) is 5.82 Å². The van der Waals surface area contributed by atoms with Crippen molar-refractivity contribution in [2.24, 2.45) is 5.92 Å². The molecule has 136 valence electrons. The maximum absolute atomic E-state index is 12.5. The molecule has 0 atom stereocenters. The summed E-state index contributed by atoms with van der Waals surface area (Å²) in [6.45, 7) is 2.52. The third-order valence-electron chi connectivity index (χ3n) is 4.90. The van der Waals surface area contributed by atoms with Gasteiger partial charge in [-0.2, -0.15) is 0 Å². The first kappa shape index (κ1) is 16.7. The molecule has 4 rings (SSSR count). The number of hydrogen-bond acceptors (Lipinski definition) is 7. The number of nitrogens with one attached hydrogen (secondary N) is 1. The number of amides is 1. The summed E-state index contributed by atoms with van der Waals surface area (Å²) in [7, 11) is 0. The molecule has 8 nitrogen and oxygen atoms in total. The van der Waals surface area contributed by atoms with Crippen molar-refractivity contribution in [1.82, 2.24) is 15.0 Å². The zero-order valence-corrected chi connectivity index (χ0v) is 14.5. The molecule has 0 bridgehead atoms. The minimum absolute atomic E-state index is 0.0199. The van der Waals surface area contributed by atoms with Gasteiger partial charge in [-0.25, -0.2) is 15.0 Å². The van der Waals surface area contributed by atoms with Gasteiger partial charge < -0.3 is 15.8 Å². The van der Waals surface area contributed by atoms with E-state index in [1.54, 1.807) is 23.4 Å². The molecule has 2 aliphatic rings. The highest BCUT2D eigenvalue weighted by Gasteiger charge is 2.28. The van der Waals surface area contributed by atoms with Crippen LogP contribution in [0.2, 0.25) is 0 Å². The summed E-state index contributed by atoms with van der Waals surface area (Å²) in [5.41, 5.74) is 7.13. The van der Waals surface area contributed by atoms with Crippen LogP contribution in [0.15, 0.2) is 24.5 Å². The van der Waals surface area contributed by atoms with Crippen molar-refractivity contribution in [1.29, 1.82) is 0 Å². The summed E-state index contributed by atoms with van der Waals surface area (Å²) in [5.74, 6) is 2.29. The summed E-state index contributed by atoms with van der Waals surface area (Å²) >= 11 is 0. The van der Waals surface area contributed by atoms with Crippen molar-refractivity contribution in [3.63, 3.8) is 0 Å². The molecule has 2 aromatic heterocycles. The molecule has 4 heterocycles. The zero-order chi connectivity index (χ0) is 17.9. The van der Waals surface area contributed by atoms with E-state index >= 15 is 0 Å². The van der Waals surface area contributed by atoms with E-state index in [2.05, 4.69) is 20.3 Å². The van der Waals surface area contributed by atoms with Crippen LogP contribution in [0.25, 0.3) is 11.3 Å². The first-order valence-electron chi connectivity index (χ1n) is 8.91. The number of nitrogens with zero attached hydrogens (tertiary/aromatic N) is 4. The number of carbonyl (C=O) groups excluding carboxylic acids is 1. The molecule has 1 saturated heterocycles. The van der Waals surface area contributed by atoms with Gasteiger partial charge in [0.25, 0.3) is 0 Å². The lowest BCUT2D eigenvalue weighted by Gasteiger charge is -2.30. The van der Waals surface area contributed by atoms with Gasteiger partial charge >= 0.3 is 0 Å². The smallest absolute Gasteiger partial charge is 0.247 e. The van der Waals surface area contributed by atoms with Crippen molar-refractivity contribution in [3.05, 3.63) is 24.5 Å². The second-order valence-corrected chi connectivity index (χ2v) is 6.64. The largest absolute Gasteiger partial charge is 0.384 e. The predicted molar refractivity (Wildman–Crippen MR) is 98.7 cm³/mol. The Bertz CT molecular complexity index is 789. The van der Waals surface area contributed by atoms with Gasteiger partial charge in [0.05, 0.1) is 18.4 Å². The van der Waals surface area contributed by atoms with Crippen LogP contribution in [0.1, 0.15) is 19.3 Å². The van der Waals surface area contributed by atoms with E-state index < -0.39 is 0 Å². The van der Waals surface area contributed by atoms with E-state index in [-0.39, 0.29) is 12.5 Å². The summed E-state index contributed by atoms with van der Waals surface area (Å²) in [5, 5.41) is 3.05. The lowest BCUT2D eigenvalue weighted by Crippen LogP contribution is -2.42. The molecular weight excluding hydrogens is 332 g/mol. The third-order valence-corrected chi connectivity index (χ3v) is 4.90. The van der Waals surface area contributed by atoms with Crippen LogP contribution in [0, 0.1) is 5.92 Å². The Morgan fingerprint density at radius 3 is 2.85 bits per heavy atom. The van der Waals surface area contributed by atoms with E-state index in [4.69, 9.17) is 10.5 Å². The Labute approximate surface area is 151 Å². The molecular formula is C18H22N6O2. The van der Waals surface area contributed by atoms with Crippen LogP contribution in [0.5, 0.6) is 0 Å². The Hall–Kier alpha value is -2.74. The molecule has 0 aliphatic carbocycles. The van der Waals surface area contributed by atoms with Gasteiger partial charge in [-0.3, -0.25) is 9.69 Å². The van der Waals surface area contributed by atoms with Gasteiger partial charge in [0.15, 0.2) is 11.6 Å². The van der Waals surface area contributed by atoms with Crippen LogP contribution in [0.4, 0.5) is 17.5 Å². The average molecular weight is 354 g/mol. The summed E-state index contributed by atoms with van der Waals surface area (Å²) in [6.07, 6.45) is 6.40. The maximum atomic E-state index is 12.5. The van der Waals surface area contributed by atoms with E-state index in [9.17, 15) is 4.79 Å². The van der Waals surface area contributed by atoms with Gasteiger partial charge in [0, 0.05) is 31.5 Å². The number of carbonyl (C=O) groups is 1. The number of nitrogens with two attached hydrogens (primary N) is 1. The van der Waals surface area contributed by atoms with Crippen LogP contribution >= 0.6 is 0 Å². The minimum atomic E-state index is 0.0199. The number of rotatable bonds is 4. The van der Waals surface area contributed by atoms with Crippen LogP contribution in [-0.4, -0.2) is 47.2 Å². The lowest BCUT2D eigenvalue weighted by molar-refractivity contribution is -0.117. The molecule has 0 radical (unpaired) electrons. The SMILES string of the molecule is Nc1ccc(-c2cnc3c(n2)N(CCC2CCOCC2)C(=O)CN3)cn1. The highest BCUT2D eigenvalue weighted by atomic mass is 16.5. The highest BCUT2D eigenvalue weighted by molar-refractivity contribution is 6.00. The molecule has 0 unspecified atom stereocenters. The van der Waals surface area contributed by atoms with Gasteiger partial charge in [-0.15, -0.1) is 0 Å². The summed E-state index contributed by atoms with van der Waals surface area (Å²) in [4.78, 5) is 27.5. The minimum Gasteiger partial charge on any atom is -0.384 e. The maximum Gasteiger partial charge on any atom is 0.247 e. The highest BCUT2D eigenvalue weighted by Crippen LogP contribution is 2.29. The third kappa shape index (κ3) is 3.45. The number of fused-ring (bicyclic) bond motifs is 1.